The number of fused-ring (bicyclic) bond motifs is 3. The van der Waals surface area contributed by atoms with Crippen LogP contribution in [0.2, 0.25) is 0 Å². The summed E-state index contributed by atoms with van der Waals surface area (Å²) in [7, 11) is 0. The van der Waals surface area contributed by atoms with Gasteiger partial charge < -0.3 is 0 Å². The van der Waals surface area contributed by atoms with Crippen molar-refractivity contribution in [1.29, 1.82) is 21.0 Å². The molecule has 0 fully saturated rings. The largest absolute Gasteiger partial charge is 0.192 e. The number of nitriles is 4. The number of rotatable bonds is 4. The fourth-order valence-corrected chi connectivity index (χ4v) is 6.17. The van der Waals surface area contributed by atoms with Crippen molar-refractivity contribution in [2.45, 2.75) is 0 Å². The molecule has 7 aromatic carbocycles. The minimum atomic E-state index is 0.506. The first-order valence-corrected chi connectivity index (χ1v) is 14.7. The molecule has 0 aliphatic heterocycles. The van der Waals surface area contributed by atoms with Crippen LogP contribution in [-0.4, -0.2) is 0 Å². The summed E-state index contributed by atoms with van der Waals surface area (Å²) in [5.74, 6) is 0. The number of benzene rings is 7. The fraction of sp³-hybridized carbons (Fsp3) is 0. The van der Waals surface area contributed by atoms with Gasteiger partial charge in [0.1, 0.15) is 0 Å². The number of hydrogen-bond acceptors (Lipinski definition) is 4. The lowest BCUT2D eigenvalue weighted by Crippen LogP contribution is -1.92. The Kier molecular flexibility index (Phi) is 7.02. The highest BCUT2D eigenvalue weighted by atomic mass is 14.3. The topological polar surface area (TPSA) is 95.2 Å². The molecular formula is C42H22N4. The molecule has 0 bridgehead atoms. The van der Waals surface area contributed by atoms with Crippen molar-refractivity contribution in [3.63, 3.8) is 0 Å². The average Bonchev–Trinajstić information content (AvgIpc) is 3.13. The second-order valence-electron chi connectivity index (χ2n) is 11.0. The zero-order valence-corrected chi connectivity index (χ0v) is 24.5. The molecule has 0 saturated carbocycles. The molecule has 4 heteroatoms. The van der Waals surface area contributed by atoms with Crippen molar-refractivity contribution in [2.75, 3.05) is 0 Å². The average molecular weight is 583 g/mol. The molecule has 0 aliphatic rings. The summed E-state index contributed by atoms with van der Waals surface area (Å²) in [6.07, 6.45) is 0. The van der Waals surface area contributed by atoms with E-state index in [1.54, 1.807) is 24.3 Å². The lowest BCUT2D eigenvalue weighted by Gasteiger charge is -2.13. The number of hydrogen-bond donors (Lipinski definition) is 0. The normalized spacial score (nSPS) is 10.5. The maximum absolute atomic E-state index is 10.1. The van der Waals surface area contributed by atoms with Gasteiger partial charge in [-0.2, -0.15) is 21.0 Å². The van der Waals surface area contributed by atoms with Crippen molar-refractivity contribution in [3.8, 4) is 68.8 Å². The van der Waals surface area contributed by atoms with Gasteiger partial charge in [-0.25, -0.2) is 0 Å². The third-order valence-electron chi connectivity index (χ3n) is 8.42. The van der Waals surface area contributed by atoms with E-state index in [-0.39, 0.29) is 0 Å². The second kappa shape index (κ2) is 11.6. The quantitative estimate of drug-likeness (QED) is 0.193. The molecule has 210 valence electrons. The van der Waals surface area contributed by atoms with Gasteiger partial charge in [-0.1, -0.05) is 97.1 Å². The predicted molar refractivity (Wildman–Crippen MR) is 182 cm³/mol. The van der Waals surface area contributed by atoms with E-state index in [1.165, 1.54) is 0 Å². The van der Waals surface area contributed by atoms with Gasteiger partial charge in [-0.3, -0.25) is 0 Å². The molecular weight excluding hydrogens is 560 g/mol. The van der Waals surface area contributed by atoms with E-state index >= 15 is 0 Å². The Morgan fingerprint density at radius 1 is 0.304 bits per heavy atom. The first-order valence-electron chi connectivity index (χ1n) is 14.7. The monoisotopic (exact) mass is 582 g/mol. The first kappa shape index (κ1) is 27.8. The smallest absolute Gasteiger partial charge is 0.0998 e. The zero-order chi connectivity index (χ0) is 31.6. The van der Waals surface area contributed by atoms with Gasteiger partial charge in [0.2, 0.25) is 0 Å². The molecule has 46 heavy (non-hydrogen) atoms. The van der Waals surface area contributed by atoms with E-state index in [2.05, 4.69) is 36.4 Å². The molecule has 0 aliphatic carbocycles. The fourth-order valence-electron chi connectivity index (χ4n) is 6.17. The van der Waals surface area contributed by atoms with E-state index in [4.69, 9.17) is 0 Å². The van der Waals surface area contributed by atoms with E-state index in [0.29, 0.717) is 33.4 Å². The highest BCUT2D eigenvalue weighted by molar-refractivity contribution is 6.09. The van der Waals surface area contributed by atoms with Crippen LogP contribution in [0.15, 0.2) is 133 Å². The summed E-state index contributed by atoms with van der Waals surface area (Å²) in [5.41, 5.74) is 8.45. The highest BCUT2D eigenvalue weighted by Gasteiger charge is 2.16. The third kappa shape index (κ3) is 4.80. The molecule has 0 atom stereocenters. The van der Waals surface area contributed by atoms with Gasteiger partial charge in [0.05, 0.1) is 46.5 Å². The van der Waals surface area contributed by atoms with E-state index in [9.17, 15) is 21.0 Å². The Morgan fingerprint density at radius 3 is 0.957 bits per heavy atom. The molecule has 0 amide bonds. The van der Waals surface area contributed by atoms with Crippen molar-refractivity contribution < 1.29 is 0 Å². The van der Waals surface area contributed by atoms with Crippen LogP contribution in [0.3, 0.4) is 0 Å². The summed E-state index contributed by atoms with van der Waals surface area (Å²) in [6.45, 7) is 0. The van der Waals surface area contributed by atoms with Crippen LogP contribution < -0.4 is 0 Å². The maximum Gasteiger partial charge on any atom is 0.0998 e. The predicted octanol–water partition coefficient (Wildman–Crippen LogP) is 10.1. The Morgan fingerprint density at radius 2 is 0.630 bits per heavy atom. The SMILES string of the molecule is N#Cc1cc(-c2ccc3c(ccc4cc(-c5cc(C#N)c(-c6ccccc6)cc5C#N)ccc43)c2)c(C#N)cc1-c1ccccc1. The van der Waals surface area contributed by atoms with Crippen molar-refractivity contribution in [3.05, 3.63) is 156 Å². The summed E-state index contributed by atoms with van der Waals surface area (Å²) < 4.78 is 0. The molecule has 7 rings (SSSR count). The first-order chi connectivity index (χ1) is 22.6. The zero-order valence-electron chi connectivity index (χ0n) is 24.5. The Labute approximate surface area is 266 Å². The van der Waals surface area contributed by atoms with E-state index in [1.807, 2.05) is 97.1 Å². The van der Waals surface area contributed by atoms with E-state index < -0.39 is 0 Å². The lowest BCUT2D eigenvalue weighted by molar-refractivity contribution is 1.44. The molecule has 0 saturated heterocycles. The van der Waals surface area contributed by atoms with Crippen LogP contribution in [-0.2, 0) is 0 Å². The summed E-state index contributed by atoms with van der Waals surface area (Å²) in [4.78, 5) is 0. The van der Waals surface area contributed by atoms with Gasteiger partial charge in [-0.15, -0.1) is 0 Å². The molecule has 0 radical (unpaired) electrons. The van der Waals surface area contributed by atoms with Crippen LogP contribution in [0.4, 0.5) is 0 Å². The van der Waals surface area contributed by atoms with Crippen LogP contribution >= 0.6 is 0 Å². The van der Waals surface area contributed by atoms with Crippen LogP contribution in [0, 0.1) is 45.3 Å². The van der Waals surface area contributed by atoms with Gasteiger partial charge in [0.15, 0.2) is 0 Å². The van der Waals surface area contributed by atoms with Crippen LogP contribution in [0.5, 0.6) is 0 Å². The highest BCUT2D eigenvalue weighted by Crippen LogP contribution is 2.37. The Hall–Kier alpha value is -6.98. The second-order valence-corrected chi connectivity index (χ2v) is 11.0. The summed E-state index contributed by atoms with van der Waals surface area (Å²) in [6, 6.07) is 52.1. The molecule has 7 aromatic rings. The lowest BCUT2D eigenvalue weighted by atomic mass is 9.89. The standard InChI is InChI=1S/C42H22N4/c43-23-33-21-41(35(25-45)19-39(33)27-7-3-1-4-8-27)31-13-15-37-29(17-31)11-12-30-18-32(14-16-38(30)37)42-22-34(24-44)40(20-36(42)26-46)28-9-5-2-6-10-28/h1-22H. The van der Waals surface area contributed by atoms with Crippen molar-refractivity contribution in [2.24, 2.45) is 0 Å². The number of nitrogens with zero attached hydrogens (tertiary/aromatic N) is 4. The molecule has 0 heterocycles. The molecule has 0 spiro atoms. The Balaban J connectivity index is 1.31. The van der Waals surface area contributed by atoms with Crippen LogP contribution in [0.1, 0.15) is 22.3 Å². The van der Waals surface area contributed by atoms with Crippen molar-refractivity contribution >= 4 is 21.5 Å². The van der Waals surface area contributed by atoms with Crippen molar-refractivity contribution in [1.82, 2.24) is 0 Å². The van der Waals surface area contributed by atoms with Gasteiger partial charge in [0, 0.05) is 22.3 Å². The van der Waals surface area contributed by atoms with Gasteiger partial charge in [0.25, 0.3) is 0 Å². The summed E-state index contributed by atoms with van der Waals surface area (Å²) >= 11 is 0. The van der Waals surface area contributed by atoms with E-state index in [0.717, 1.165) is 54.9 Å². The van der Waals surface area contributed by atoms with Gasteiger partial charge >= 0.3 is 0 Å². The molecule has 0 N–H and O–H groups in total. The minimum Gasteiger partial charge on any atom is -0.192 e. The maximum atomic E-state index is 10.1. The Bertz CT molecular complexity index is 2320. The minimum absolute atomic E-state index is 0.506. The van der Waals surface area contributed by atoms with Crippen LogP contribution in [0.25, 0.3) is 66.1 Å². The third-order valence-corrected chi connectivity index (χ3v) is 8.42. The molecule has 0 aromatic heterocycles. The molecule has 0 unspecified atom stereocenters. The molecule has 4 nitrogen and oxygen atoms in total. The van der Waals surface area contributed by atoms with Gasteiger partial charge in [-0.05, 0) is 80.2 Å². The summed E-state index contributed by atoms with van der Waals surface area (Å²) in [5, 5.41) is 44.2.